The summed E-state index contributed by atoms with van der Waals surface area (Å²) in [5.41, 5.74) is 0.566. The molecule has 2 aromatic rings. The van der Waals surface area contributed by atoms with E-state index < -0.39 is 5.97 Å². The van der Waals surface area contributed by atoms with Crippen LogP contribution in [0.1, 0.15) is 21.9 Å². The molecule has 2 aromatic heterocycles. The first-order valence-corrected chi connectivity index (χ1v) is 4.22. The maximum Gasteiger partial charge on any atom is 0.358 e. The second-order valence-electron chi connectivity index (χ2n) is 3.04. The van der Waals surface area contributed by atoms with Crippen molar-refractivity contribution in [3.8, 4) is 11.7 Å². The van der Waals surface area contributed by atoms with Crippen molar-refractivity contribution in [2.45, 2.75) is 13.8 Å². The Kier molecular flexibility index (Phi) is 2.03. The molecule has 0 atom stereocenters. The number of carboxylic acids is 1. The van der Waals surface area contributed by atoms with Crippen molar-refractivity contribution < 1.29 is 18.8 Å². The third-order valence-electron chi connectivity index (χ3n) is 1.97. The zero-order valence-electron chi connectivity index (χ0n) is 8.14. The summed E-state index contributed by atoms with van der Waals surface area (Å²) in [5.74, 6) is -0.0307. The Morgan fingerprint density at radius 1 is 1.47 bits per heavy atom. The van der Waals surface area contributed by atoms with E-state index in [2.05, 4.69) is 10.1 Å². The average Bonchev–Trinajstić information content (AvgIpc) is 2.74. The zero-order valence-corrected chi connectivity index (χ0v) is 8.14. The van der Waals surface area contributed by atoms with E-state index >= 15 is 0 Å². The minimum absolute atomic E-state index is 0.168. The van der Waals surface area contributed by atoms with Crippen molar-refractivity contribution in [2.24, 2.45) is 0 Å². The Morgan fingerprint density at radius 3 is 2.67 bits per heavy atom. The van der Waals surface area contributed by atoms with Crippen LogP contribution in [0, 0.1) is 13.8 Å². The van der Waals surface area contributed by atoms with Crippen LogP contribution in [0.2, 0.25) is 0 Å². The average molecular weight is 208 g/mol. The highest BCUT2D eigenvalue weighted by molar-refractivity contribution is 5.86. The van der Waals surface area contributed by atoms with Gasteiger partial charge in [-0.2, -0.15) is 0 Å². The fourth-order valence-electron chi connectivity index (χ4n) is 1.05. The Labute approximate surface area is 84.5 Å². The molecular formula is C9H8N2O4. The lowest BCUT2D eigenvalue weighted by Gasteiger charge is -1.82. The van der Waals surface area contributed by atoms with Crippen LogP contribution in [0.3, 0.4) is 0 Å². The van der Waals surface area contributed by atoms with E-state index in [1.165, 1.54) is 6.07 Å². The number of carboxylic acid groups (broad SMARTS) is 1. The molecule has 0 unspecified atom stereocenters. The fraction of sp³-hybridized carbons (Fsp3) is 0.222. The molecule has 2 heterocycles. The van der Waals surface area contributed by atoms with Gasteiger partial charge in [-0.3, -0.25) is 0 Å². The number of hydrogen-bond acceptors (Lipinski definition) is 5. The molecule has 6 heteroatoms. The summed E-state index contributed by atoms with van der Waals surface area (Å²) in [4.78, 5) is 14.6. The normalized spacial score (nSPS) is 10.5. The lowest BCUT2D eigenvalue weighted by Crippen LogP contribution is -1.94. The number of carbonyl (C=O) groups is 1. The Bertz CT molecular complexity index is 492. The van der Waals surface area contributed by atoms with Gasteiger partial charge < -0.3 is 14.0 Å². The molecule has 78 valence electrons. The van der Waals surface area contributed by atoms with Crippen LogP contribution in [-0.4, -0.2) is 21.2 Å². The monoisotopic (exact) mass is 208 g/mol. The summed E-state index contributed by atoms with van der Waals surface area (Å²) in [6.07, 6.45) is 0. The van der Waals surface area contributed by atoms with E-state index in [1.54, 1.807) is 13.8 Å². The topological polar surface area (TPSA) is 89.4 Å². The molecule has 0 radical (unpaired) electrons. The number of aromatic carboxylic acids is 1. The van der Waals surface area contributed by atoms with E-state index in [-0.39, 0.29) is 17.3 Å². The van der Waals surface area contributed by atoms with Gasteiger partial charge in [0.05, 0.1) is 5.69 Å². The molecule has 0 bridgehead atoms. The van der Waals surface area contributed by atoms with E-state index in [1.807, 2.05) is 0 Å². The minimum Gasteiger partial charge on any atom is -0.476 e. The maximum atomic E-state index is 10.5. The Hall–Kier alpha value is -2.11. The summed E-state index contributed by atoms with van der Waals surface area (Å²) in [6, 6.07) is 1.27. The van der Waals surface area contributed by atoms with Crippen LogP contribution < -0.4 is 0 Å². The molecule has 6 nitrogen and oxygen atoms in total. The second kappa shape index (κ2) is 3.23. The van der Waals surface area contributed by atoms with Crippen molar-refractivity contribution in [3.63, 3.8) is 0 Å². The summed E-state index contributed by atoms with van der Waals surface area (Å²) in [7, 11) is 0. The van der Waals surface area contributed by atoms with Crippen molar-refractivity contribution in [1.29, 1.82) is 0 Å². The van der Waals surface area contributed by atoms with Gasteiger partial charge in [0, 0.05) is 6.07 Å². The van der Waals surface area contributed by atoms with E-state index in [0.29, 0.717) is 5.76 Å². The van der Waals surface area contributed by atoms with Crippen LogP contribution in [0.4, 0.5) is 0 Å². The first-order valence-electron chi connectivity index (χ1n) is 4.22. The Morgan fingerprint density at radius 2 is 2.20 bits per heavy atom. The minimum atomic E-state index is -1.15. The van der Waals surface area contributed by atoms with E-state index in [4.69, 9.17) is 14.0 Å². The van der Waals surface area contributed by atoms with Crippen molar-refractivity contribution in [3.05, 3.63) is 23.2 Å². The highest BCUT2D eigenvalue weighted by Crippen LogP contribution is 2.21. The number of aryl methyl sites for hydroxylation is 2. The molecule has 2 rings (SSSR count). The fourth-order valence-corrected chi connectivity index (χ4v) is 1.05. The number of nitrogens with zero attached hydrogens (tertiary/aromatic N) is 2. The predicted molar refractivity (Wildman–Crippen MR) is 48.4 cm³/mol. The molecule has 0 aromatic carbocycles. The first-order chi connectivity index (χ1) is 7.08. The second-order valence-corrected chi connectivity index (χ2v) is 3.04. The molecule has 0 amide bonds. The van der Waals surface area contributed by atoms with E-state index in [0.717, 1.165) is 5.69 Å². The zero-order chi connectivity index (χ0) is 11.0. The standard InChI is InChI=1S/C9H8N2O4/c1-4-5(2)14-8(10-4)7-3-6(9(12)13)11-15-7/h3H,1-2H3,(H,12,13). The lowest BCUT2D eigenvalue weighted by molar-refractivity contribution is 0.0686. The molecule has 0 spiro atoms. The van der Waals surface area contributed by atoms with Gasteiger partial charge in [-0.15, -0.1) is 0 Å². The smallest absolute Gasteiger partial charge is 0.358 e. The first kappa shape index (κ1) is 9.45. The summed E-state index contributed by atoms with van der Waals surface area (Å²) in [5, 5.41) is 12.0. The molecular weight excluding hydrogens is 200 g/mol. The van der Waals surface area contributed by atoms with Crippen molar-refractivity contribution in [1.82, 2.24) is 10.1 Å². The van der Waals surface area contributed by atoms with Crippen molar-refractivity contribution >= 4 is 5.97 Å². The van der Waals surface area contributed by atoms with Gasteiger partial charge in [0.15, 0.2) is 5.69 Å². The maximum absolute atomic E-state index is 10.5. The van der Waals surface area contributed by atoms with Crippen LogP contribution in [0.25, 0.3) is 11.7 Å². The Balaban J connectivity index is 2.41. The summed E-state index contributed by atoms with van der Waals surface area (Å²) in [6.45, 7) is 3.55. The number of rotatable bonds is 2. The molecule has 1 N–H and O–H groups in total. The summed E-state index contributed by atoms with van der Waals surface area (Å²) >= 11 is 0. The third kappa shape index (κ3) is 1.61. The van der Waals surface area contributed by atoms with Crippen LogP contribution in [-0.2, 0) is 0 Å². The highest BCUT2D eigenvalue weighted by Gasteiger charge is 2.16. The van der Waals surface area contributed by atoms with Gasteiger partial charge in [-0.25, -0.2) is 9.78 Å². The predicted octanol–water partition coefficient (Wildman–Crippen LogP) is 1.64. The van der Waals surface area contributed by atoms with Gasteiger partial charge in [-0.05, 0) is 13.8 Å². The van der Waals surface area contributed by atoms with E-state index in [9.17, 15) is 4.79 Å². The number of aromatic nitrogens is 2. The largest absolute Gasteiger partial charge is 0.476 e. The molecule has 0 saturated carbocycles. The van der Waals surface area contributed by atoms with Crippen LogP contribution in [0.15, 0.2) is 15.0 Å². The SMILES string of the molecule is Cc1nc(-c2cc(C(=O)O)no2)oc1C. The van der Waals surface area contributed by atoms with Crippen LogP contribution >= 0.6 is 0 Å². The molecule has 0 aliphatic carbocycles. The quantitative estimate of drug-likeness (QED) is 0.806. The van der Waals surface area contributed by atoms with Crippen LogP contribution in [0.5, 0.6) is 0 Å². The number of oxazole rings is 1. The lowest BCUT2D eigenvalue weighted by atomic mass is 10.3. The molecule has 0 aliphatic rings. The number of hydrogen-bond donors (Lipinski definition) is 1. The van der Waals surface area contributed by atoms with Gasteiger partial charge in [0.1, 0.15) is 5.76 Å². The highest BCUT2D eigenvalue weighted by atomic mass is 16.5. The van der Waals surface area contributed by atoms with Gasteiger partial charge in [-0.1, -0.05) is 5.16 Å². The molecule has 15 heavy (non-hydrogen) atoms. The third-order valence-corrected chi connectivity index (χ3v) is 1.97. The van der Waals surface area contributed by atoms with Gasteiger partial charge in [0.2, 0.25) is 5.76 Å². The summed E-state index contributed by atoms with van der Waals surface area (Å²) < 4.78 is 10.0. The molecule has 0 aliphatic heterocycles. The molecule has 0 saturated heterocycles. The molecule has 0 fully saturated rings. The van der Waals surface area contributed by atoms with Gasteiger partial charge >= 0.3 is 5.97 Å². The van der Waals surface area contributed by atoms with Gasteiger partial charge in [0.25, 0.3) is 5.89 Å². The van der Waals surface area contributed by atoms with Crippen molar-refractivity contribution in [2.75, 3.05) is 0 Å².